The number of nitrogens with zero attached hydrogens (tertiary/aromatic N) is 2. The number of carbonyl (C=O) groups is 2. The van der Waals surface area contributed by atoms with Crippen LogP contribution in [-0.4, -0.2) is 64.6 Å². The highest BCUT2D eigenvalue weighted by molar-refractivity contribution is 7.98. The number of hydrogen-bond donors (Lipinski definition) is 1. The molecule has 0 aromatic carbocycles. The summed E-state index contributed by atoms with van der Waals surface area (Å²) in [5, 5.41) is 8.94. The second-order valence-electron chi connectivity index (χ2n) is 4.69. The molecule has 0 aromatic heterocycles. The van der Waals surface area contributed by atoms with Gasteiger partial charge < -0.3 is 14.9 Å². The van der Waals surface area contributed by atoms with E-state index in [1.807, 2.05) is 27.0 Å². The van der Waals surface area contributed by atoms with Gasteiger partial charge >= 0.3 is 12.0 Å². The van der Waals surface area contributed by atoms with Gasteiger partial charge in [0.05, 0.1) is 0 Å². The topological polar surface area (TPSA) is 60.9 Å². The standard InChI is InChI=1S/C13H26N2O3S/c1-6-10(3)15(8-12(16)17)13(18)14(4)11(7-2)9-19-5/h10-11H,6-9H2,1-5H3,(H,16,17). The molecule has 0 fully saturated rings. The smallest absolute Gasteiger partial charge is 0.323 e. The lowest BCUT2D eigenvalue weighted by atomic mass is 10.2. The molecule has 6 heteroatoms. The van der Waals surface area contributed by atoms with E-state index in [2.05, 4.69) is 0 Å². The van der Waals surface area contributed by atoms with E-state index in [9.17, 15) is 9.59 Å². The summed E-state index contributed by atoms with van der Waals surface area (Å²) >= 11 is 1.69. The van der Waals surface area contributed by atoms with E-state index in [1.165, 1.54) is 4.90 Å². The summed E-state index contributed by atoms with van der Waals surface area (Å²) in [7, 11) is 1.75. The number of carboxylic acids is 1. The maximum atomic E-state index is 12.4. The van der Waals surface area contributed by atoms with Gasteiger partial charge in [0.25, 0.3) is 0 Å². The van der Waals surface area contributed by atoms with Crippen LogP contribution in [0.1, 0.15) is 33.6 Å². The molecular weight excluding hydrogens is 264 g/mol. The molecule has 0 aliphatic carbocycles. The van der Waals surface area contributed by atoms with E-state index in [1.54, 1.807) is 23.7 Å². The first-order valence-corrected chi connectivity index (χ1v) is 8.02. The highest BCUT2D eigenvalue weighted by Gasteiger charge is 2.27. The Morgan fingerprint density at radius 1 is 1.26 bits per heavy atom. The number of hydrogen-bond acceptors (Lipinski definition) is 3. The van der Waals surface area contributed by atoms with Crippen molar-refractivity contribution in [1.29, 1.82) is 0 Å². The highest BCUT2D eigenvalue weighted by atomic mass is 32.2. The van der Waals surface area contributed by atoms with Gasteiger partial charge in [-0.1, -0.05) is 13.8 Å². The van der Waals surface area contributed by atoms with E-state index in [0.717, 1.165) is 18.6 Å². The fourth-order valence-corrected chi connectivity index (χ4v) is 2.68. The summed E-state index contributed by atoms with van der Waals surface area (Å²) in [5.41, 5.74) is 0. The predicted molar refractivity (Wildman–Crippen MR) is 79.7 cm³/mol. The predicted octanol–water partition coefficient (Wildman–Crippen LogP) is 2.36. The monoisotopic (exact) mass is 290 g/mol. The summed E-state index contributed by atoms with van der Waals surface area (Å²) in [5.74, 6) is -0.111. The molecule has 0 saturated carbocycles. The molecule has 0 saturated heterocycles. The van der Waals surface area contributed by atoms with E-state index < -0.39 is 5.97 Å². The molecular formula is C13H26N2O3S. The van der Waals surface area contributed by atoms with Crippen LogP contribution in [0.15, 0.2) is 0 Å². The number of urea groups is 1. The second kappa shape index (κ2) is 9.07. The Morgan fingerprint density at radius 2 is 1.84 bits per heavy atom. The molecule has 0 spiro atoms. The molecule has 1 N–H and O–H groups in total. The van der Waals surface area contributed by atoms with Crippen LogP contribution in [0.5, 0.6) is 0 Å². The van der Waals surface area contributed by atoms with Gasteiger partial charge in [0.15, 0.2) is 0 Å². The van der Waals surface area contributed by atoms with Crippen molar-refractivity contribution >= 4 is 23.8 Å². The number of amides is 2. The van der Waals surface area contributed by atoms with Crippen molar-refractivity contribution in [2.75, 3.05) is 25.6 Å². The van der Waals surface area contributed by atoms with Crippen LogP contribution in [0.4, 0.5) is 4.79 Å². The van der Waals surface area contributed by atoms with Crippen molar-refractivity contribution < 1.29 is 14.7 Å². The zero-order valence-corrected chi connectivity index (χ0v) is 13.4. The molecule has 2 atom stereocenters. The zero-order valence-electron chi connectivity index (χ0n) is 12.5. The third kappa shape index (κ3) is 5.72. The second-order valence-corrected chi connectivity index (χ2v) is 5.60. The fourth-order valence-electron chi connectivity index (χ4n) is 1.83. The number of thioether (sulfide) groups is 1. The van der Waals surface area contributed by atoms with Crippen LogP contribution < -0.4 is 0 Å². The molecule has 0 heterocycles. The third-order valence-electron chi connectivity index (χ3n) is 3.35. The first kappa shape index (κ1) is 18.1. The first-order chi connectivity index (χ1) is 8.88. The molecule has 19 heavy (non-hydrogen) atoms. The third-order valence-corrected chi connectivity index (χ3v) is 4.07. The minimum atomic E-state index is -0.972. The Kier molecular flexibility index (Phi) is 8.63. The number of aliphatic carboxylic acids is 1. The van der Waals surface area contributed by atoms with Crippen LogP contribution in [0, 0.1) is 0 Å². The quantitative estimate of drug-likeness (QED) is 0.745. The van der Waals surface area contributed by atoms with Crippen molar-refractivity contribution in [1.82, 2.24) is 9.80 Å². The Hall–Kier alpha value is -0.910. The number of carboxylic acid groups (broad SMARTS) is 1. The summed E-state index contributed by atoms with van der Waals surface area (Å²) < 4.78 is 0. The van der Waals surface area contributed by atoms with Gasteiger partial charge in [-0.25, -0.2) is 4.79 Å². The van der Waals surface area contributed by atoms with Crippen LogP contribution >= 0.6 is 11.8 Å². The van der Waals surface area contributed by atoms with Gasteiger partial charge in [-0.2, -0.15) is 11.8 Å². The molecule has 0 bridgehead atoms. The molecule has 0 aromatic rings. The summed E-state index contributed by atoms with van der Waals surface area (Å²) in [4.78, 5) is 26.4. The number of carbonyl (C=O) groups excluding carboxylic acids is 1. The van der Waals surface area contributed by atoms with Crippen molar-refractivity contribution in [3.63, 3.8) is 0 Å². The van der Waals surface area contributed by atoms with Crippen LogP contribution in [-0.2, 0) is 4.79 Å². The number of rotatable bonds is 8. The van der Waals surface area contributed by atoms with E-state index in [4.69, 9.17) is 5.11 Å². The van der Waals surface area contributed by atoms with E-state index >= 15 is 0 Å². The molecule has 5 nitrogen and oxygen atoms in total. The van der Waals surface area contributed by atoms with E-state index in [-0.39, 0.29) is 24.7 Å². The van der Waals surface area contributed by atoms with Gasteiger partial charge in [0, 0.05) is 24.9 Å². The molecule has 0 radical (unpaired) electrons. The Balaban J connectivity index is 4.90. The van der Waals surface area contributed by atoms with Crippen LogP contribution in [0.2, 0.25) is 0 Å². The van der Waals surface area contributed by atoms with Gasteiger partial charge in [0.2, 0.25) is 0 Å². The average Bonchev–Trinajstić information content (AvgIpc) is 2.39. The Bertz CT molecular complexity index is 300. The molecule has 112 valence electrons. The molecule has 0 aliphatic rings. The van der Waals surface area contributed by atoms with E-state index in [0.29, 0.717) is 0 Å². The van der Waals surface area contributed by atoms with Gasteiger partial charge in [-0.05, 0) is 26.0 Å². The lowest BCUT2D eigenvalue weighted by molar-refractivity contribution is -0.138. The molecule has 2 unspecified atom stereocenters. The minimum absolute atomic E-state index is 0.0714. The normalized spacial score (nSPS) is 13.7. The lowest BCUT2D eigenvalue weighted by Crippen LogP contribution is -2.51. The SMILES string of the molecule is CCC(CSC)N(C)C(=O)N(CC(=O)O)C(C)CC. The fraction of sp³-hybridized carbons (Fsp3) is 0.846. The van der Waals surface area contributed by atoms with Crippen molar-refractivity contribution in [3.05, 3.63) is 0 Å². The first-order valence-electron chi connectivity index (χ1n) is 6.63. The molecule has 0 rings (SSSR count). The van der Waals surface area contributed by atoms with Crippen LogP contribution in [0.25, 0.3) is 0 Å². The van der Waals surface area contributed by atoms with Gasteiger partial charge in [0.1, 0.15) is 6.54 Å². The summed E-state index contributed by atoms with van der Waals surface area (Å²) in [6.07, 6.45) is 3.61. The molecule has 2 amide bonds. The maximum Gasteiger partial charge on any atom is 0.323 e. The summed E-state index contributed by atoms with van der Waals surface area (Å²) in [6.45, 7) is 5.62. The zero-order chi connectivity index (χ0) is 15.0. The maximum absolute atomic E-state index is 12.4. The lowest BCUT2D eigenvalue weighted by Gasteiger charge is -2.35. The van der Waals surface area contributed by atoms with Crippen molar-refractivity contribution in [3.8, 4) is 0 Å². The Labute approximate surface area is 120 Å². The summed E-state index contributed by atoms with van der Waals surface area (Å²) in [6, 6.07) is -0.127. The molecule has 0 aliphatic heterocycles. The van der Waals surface area contributed by atoms with Crippen molar-refractivity contribution in [2.24, 2.45) is 0 Å². The largest absolute Gasteiger partial charge is 0.480 e. The minimum Gasteiger partial charge on any atom is -0.480 e. The average molecular weight is 290 g/mol. The van der Waals surface area contributed by atoms with Crippen molar-refractivity contribution in [2.45, 2.75) is 45.7 Å². The van der Waals surface area contributed by atoms with Gasteiger partial charge in [-0.3, -0.25) is 4.79 Å². The van der Waals surface area contributed by atoms with Crippen LogP contribution in [0.3, 0.4) is 0 Å². The van der Waals surface area contributed by atoms with Gasteiger partial charge in [-0.15, -0.1) is 0 Å². The highest BCUT2D eigenvalue weighted by Crippen LogP contribution is 2.13. The Morgan fingerprint density at radius 3 is 2.21 bits per heavy atom.